The van der Waals surface area contributed by atoms with Crippen molar-refractivity contribution >= 4 is 17.3 Å². The fourth-order valence-corrected chi connectivity index (χ4v) is 3.97. The summed E-state index contributed by atoms with van der Waals surface area (Å²) in [5.74, 6) is 0.990. The second-order valence-corrected chi connectivity index (χ2v) is 8.61. The summed E-state index contributed by atoms with van der Waals surface area (Å²) in [7, 11) is 4.18. The molecule has 0 amide bonds. The topological polar surface area (TPSA) is 57.7 Å². The van der Waals surface area contributed by atoms with E-state index in [1.807, 2.05) is 30.3 Å². The number of nitrogens with zero attached hydrogens (tertiary/aromatic N) is 2. The Kier molecular flexibility index (Phi) is 9.68. The number of carbonyl (C=O) groups is 3. The van der Waals surface area contributed by atoms with Gasteiger partial charge in [0.2, 0.25) is 0 Å². The first-order valence-electron chi connectivity index (χ1n) is 10.8. The first-order valence-corrected chi connectivity index (χ1v) is 10.8. The molecule has 0 unspecified atom stereocenters. The molecule has 0 aromatic heterocycles. The molecule has 2 aliphatic heterocycles. The summed E-state index contributed by atoms with van der Waals surface area (Å²) in [5, 5.41) is 0. The van der Waals surface area contributed by atoms with Gasteiger partial charge in [0.05, 0.1) is 6.42 Å². The van der Waals surface area contributed by atoms with E-state index in [9.17, 15) is 14.4 Å². The van der Waals surface area contributed by atoms with E-state index in [4.69, 9.17) is 0 Å². The maximum absolute atomic E-state index is 12.1. The van der Waals surface area contributed by atoms with Gasteiger partial charge in [-0.15, -0.1) is 0 Å². The zero-order valence-corrected chi connectivity index (χ0v) is 18.2. The lowest BCUT2D eigenvalue weighted by atomic mass is 9.89. The van der Waals surface area contributed by atoms with E-state index >= 15 is 0 Å². The zero-order valence-electron chi connectivity index (χ0n) is 18.2. The largest absolute Gasteiger partial charge is 0.306 e. The summed E-state index contributed by atoms with van der Waals surface area (Å²) in [4.78, 5) is 39.4. The highest BCUT2D eigenvalue weighted by Crippen LogP contribution is 2.19. The van der Waals surface area contributed by atoms with Crippen LogP contribution >= 0.6 is 0 Å². The molecule has 0 bridgehead atoms. The maximum Gasteiger partial charge on any atom is 0.144 e. The van der Waals surface area contributed by atoms with Crippen LogP contribution in [0.1, 0.15) is 44.6 Å². The van der Waals surface area contributed by atoms with Crippen molar-refractivity contribution in [2.24, 2.45) is 11.8 Å². The molecule has 2 fully saturated rings. The Morgan fingerprint density at radius 3 is 1.79 bits per heavy atom. The monoisotopic (exact) mass is 400 g/mol. The molecule has 160 valence electrons. The third-order valence-electron chi connectivity index (χ3n) is 6.08. The second-order valence-electron chi connectivity index (χ2n) is 8.61. The molecule has 1 aromatic carbocycles. The Morgan fingerprint density at radius 1 is 0.828 bits per heavy atom. The molecule has 0 saturated carbocycles. The van der Waals surface area contributed by atoms with Crippen LogP contribution in [0.5, 0.6) is 0 Å². The molecule has 1 aromatic rings. The van der Waals surface area contributed by atoms with Gasteiger partial charge < -0.3 is 9.80 Å². The maximum atomic E-state index is 12.1. The molecule has 2 heterocycles. The third kappa shape index (κ3) is 8.58. The van der Waals surface area contributed by atoms with Crippen molar-refractivity contribution in [2.75, 3.05) is 40.3 Å². The summed E-state index contributed by atoms with van der Waals surface area (Å²) in [5.41, 5.74) is 0.990. The fourth-order valence-electron chi connectivity index (χ4n) is 3.97. The normalized spacial score (nSPS) is 19.3. The molecular formula is C24H36N2O3. The number of hydrogen-bond acceptors (Lipinski definition) is 5. The molecule has 0 aliphatic carbocycles. The molecule has 2 saturated heterocycles. The van der Waals surface area contributed by atoms with Crippen molar-refractivity contribution in [3.63, 3.8) is 0 Å². The van der Waals surface area contributed by atoms with Gasteiger partial charge in [0.25, 0.3) is 0 Å². The fraction of sp³-hybridized carbons (Fsp3) is 0.625. The molecule has 5 nitrogen and oxygen atoms in total. The zero-order chi connectivity index (χ0) is 21.2. The first kappa shape index (κ1) is 23.4. The van der Waals surface area contributed by atoms with E-state index in [2.05, 4.69) is 23.9 Å². The quantitative estimate of drug-likeness (QED) is 0.687. The minimum absolute atomic E-state index is 0.0372. The van der Waals surface area contributed by atoms with Gasteiger partial charge in [-0.25, -0.2) is 0 Å². The first-order chi connectivity index (χ1) is 13.8. The smallest absolute Gasteiger partial charge is 0.144 e. The molecule has 5 heteroatoms. The van der Waals surface area contributed by atoms with Crippen molar-refractivity contribution in [2.45, 2.75) is 45.4 Å². The van der Waals surface area contributed by atoms with Crippen LogP contribution in [0.3, 0.4) is 0 Å². The average Bonchev–Trinajstić information content (AvgIpc) is 2.70. The third-order valence-corrected chi connectivity index (χ3v) is 6.08. The average molecular weight is 401 g/mol. The lowest BCUT2D eigenvalue weighted by molar-refractivity contribution is -0.130. The predicted octanol–water partition coefficient (Wildman–Crippen LogP) is 3.02. The van der Waals surface area contributed by atoms with E-state index in [0.29, 0.717) is 18.1 Å². The Morgan fingerprint density at radius 2 is 1.31 bits per heavy atom. The van der Waals surface area contributed by atoms with Crippen LogP contribution < -0.4 is 0 Å². The lowest BCUT2D eigenvalue weighted by Crippen LogP contribution is -2.34. The van der Waals surface area contributed by atoms with E-state index in [-0.39, 0.29) is 23.9 Å². The van der Waals surface area contributed by atoms with Gasteiger partial charge >= 0.3 is 0 Å². The van der Waals surface area contributed by atoms with Gasteiger partial charge in [0.15, 0.2) is 0 Å². The SMILES string of the molecule is CC(=O)C1CCN(C)CC1.CN1CCC(C(=O)CC(=O)Cc2ccccc2)CC1. The standard InChI is InChI=1S/C16H21NO2.C8H15NO/c1-17-9-7-14(8-10-17)16(19)12-15(18)11-13-5-3-2-4-6-13;1-7(10)8-3-5-9(2)6-4-8/h2-6,14H,7-12H2,1H3;8H,3-6H2,1-2H3. The summed E-state index contributed by atoms with van der Waals surface area (Å²) in [6, 6.07) is 9.62. The Balaban J connectivity index is 0.000000253. The Labute approximate surface area is 175 Å². The van der Waals surface area contributed by atoms with Crippen molar-refractivity contribution < 1.29 is 14.4 Å². The number of rotatable bonds is 6. The van der Waals surface area contributed by atoms with Crippen LogP contribution in [-0.2, 0) is 20.8 Å². The number of ketones is 3. The lowest BCUT2D eigenvalue weighted by Gasteiger charge is -2.27. The van der Waals surface area contributed by atoms with Crippen LogP contribution in [0.2, 0.25) is 0 Å². The molecule has 0 spiro atoms. The molecular weight excluding hydrogens is 364 g/mol. The number of benzene rings is 1. The Hall–Kier alpha value is -1.85. The number of Topliss-reactive ketones (excluding diaryl/α,β-unsaturated/α-hetero) is 3. The highest BCUT2D eigenvalue weighted by Gasteiger charge is 2.24. The number of hydrogen-bond donors (Lipinski definition) is 0. The minimum atomic E-state index is 0.0372. The summed E-state index contributed by atoms with van der Waals surface area (Å²) >= 11 is 0. The van der Waals surface area contributed by atoms with E-state index < -0.39 is 0 Å². The summed E-state index contributed by atoms with van der Waals surface area (Å²) in [6.07, 6.45) is 4.39. The van der Waals surface area contributed by atoms with Crippen LogP contribution in [0.25, 0.3) is 0 Å². The van der Waals surface area contributed by atoms with Gasteiger partial charge in [-0.3, -0.25) is 14.4 Å². The van der Waals surface area contributed by atoms with Gasteiger partial charge in [-0.2, -0.15) is 0 Å². The van der Waals surface area contributed by atoms with Crippen LogP contribution in [0, 0.1) is 11.8 Å². The van der Waals surface area contributed by atoms with Gasteiger partial charge in [-0.05, 0) is 78.4 Å². The van der Waals surface area contributed by atoms with E-state index in [1.165, 1.54) is 0 Å². The molecule has 29 heavy (non-hydrogen) atoms. The van der Waals surface area contributed by atoms with E-state index in [0.717, 1.165) is 57.4 Å². The molecule has 2 aliphatic rings. The van der Waals surface area contributed by atoms with Crippen LogP contribution in [-0.4, -0.2) is 67.4 Å². The van der Waals surface area contributed by atoms with Crippen molar-refractivity contribution in [3.05, 3.63) is 35.9 Å². The molecule has 0 atom stereocenters. The highest BCUT2D eigenvalue weighted by atomic mass is 16.1. The summed E-state index contributed by atoms with van der Waals surface area (Å²) in [6.45, 7) is 5.80. The van der Waals surface area contributed by atoms with E-state index in [1.54, 1.807) is 6.92 Å². The van der Waals surface area contributed by atoms with Crippen LogP contribution in [0.4, 0.5) is 0 Å². The van der Waals surface area contributed by atoms with Crippen LogP contribution in [0.15, 0.2) is 30.3 Å². The van der Waals surface area contributed by atoms with Gasteiger partial charge in [-0.1, -0.05) is 30.3 Å². The van der Waals surface area contributed by atoms with Crippen molar-refractivity contribution in [3.8, 4) is 0 Å². The molecule has 3 rings (SSSR count). The minimum Gasteiger partial charge on any atom is -0.306 e. The van der Waals surface area contributed by atoms with Crippen molar-refractivity contribution in [1.82, 2.24) is 9.80 Å². The second kappa shape index (κ2) is 12.0. The number of piperidine rings is 2. The molecule has 0 radical (unpaired) electrons. The van der Waals surface area contributed by atoms with Gasteiger partial charge in [0.1, 0.15) is 17.3 Å². The van der Waals surface area contributed by atoms with Crippen molar-refractivity contribution in [1.29, 1.82) is 0 Å². The molecule has 0 N–H and O–H groups in total. The predicted molar refractivity (Wildman–Crippen MR) is 116 cm³/mol. The highest BCUT2D eigenvalue weighted by molar-refractivity contribution is 6.00. The van der Waals surface area contributed by atoms with Gasteiger partial charge in [0, 0.05) is 18.3 Å². The number of likely N-dealkylation sites (tertiary alicyclic amines) is 2. The number of carbonyl (C=O) groups excluding carboxylic acids is 3. The summed E-state index contributed by atoms with van der Waals surface area (Å²) < 4.78 is 0. The Bertz CT molecular complexity index is 658.